The summed E-state index contributed by atoms with van der Waals surface area (Å²) >= 11 is 0.967. The second-order valence-electron chi connectivity index (χ2n) is 5.12. The number of amides is 1. The number of likely N-dealkylation sites (tertiary alicyclic amines) is 1. The van der Waals surface area contributed by atoms with Crippen LogP contribution >= 0.6 is 23.7 Å². The molecule has 1 amide bonds. The monoisotopic (exact) mass is 353 g/mol. The Morgan fingerprint density at radius 1 is 1.48 bits per heavy atom. The molecule has 1 aliphatic rings. The average Bonchev–Trinajstić information content (AvgIpc) is 2.87. The number of primary sulfonamides is 1. The third-order valence-corrected chi connectivity index (χ3v) is 5.91. The molecule has 21 heavy (non-hydrogen) atoms. The second-order valence-corrected chi connectivity index (χ2v) is 7.82. The quantitative estimate of drug-likeness (QED) is 0.850. The van der Waals surface area contributed by atoms with Gasteiger partial charge in [0.25, 0.3) is 5.91 Å². The molecule has 9 heteroatoms. The Bertz CT molecular complexity index is 601. The van der Waals surface area contributed by atoms with Crippen LogP contribution in [0.1, 0.15) is 36.5 Å². The van der Waals surface area contributed by atoms with E-state index in [-0.39, 0.29) is 34.6 Å². The predicted molar refractivity (Wildman–Crippen MR) is 85.3 cm³/mol. The van der Waals surface area contributed by atoms with Crippen molar-refractivity contribution in [2.45, 2.75) is 42.5 Å². The van der Waals surface area contributed by atoms with Gasteiger partial charge in [-0.1, -0.05) is 0 Å². The molecule has 1 fully saturated rings. The molecule has 0 saturated carbocycles. The van der Waals surface area contributed by atoms with Crippen LogP contribution in [0.2, 0.25) is 0 Å². The maximum atomic E-state index is 12.5. The van der Waals surface area contributed by atoms with Crippen LogP contribution in [0.3, 0.4) is 0 Å². The lowest BCUT2D eigenvalue weighted by Gasteiger charge is -2.37. The first kappa shape index (κ1) is 18.4. The van der Waals surface area contributed by atoms with Gasteiger partial charge in [-0.05, 0) is 32.3 Å². The number of piperidine rings is 1. The first-order valence-electron chi connectivity index (χ1n) is 6.48. The summed E-state index contributed by atoms with van der Waals surface area (Å²) in [6, 6.07) is 1.25. The summed E-state index contributed by atoms with van der Waals surface area (Å²) in [6.07, 6.45) is 2.89. The van der Waals surface area contributed by atoms with Gasteiger partial charge in [0.05, 0.1) is 5.56 Å². The Morgan fingerprint density at radius 2 is 2.14 bits per heavy atom. The Hall–Kier alpha value is -0.670. The van der Waals surface area contributed by atoms with Crippen LogP contribution in [0.15, 0.2) is 15.7 Å². The molecule has 1 saturated heterocycles. The molecule has 0 bridgehead atoms. The molecule has 0 radical (unpaired) electrons. The number of sulfonamides is 1. The van der Waals surface area contributed by atoms with Crippen molar-refractivity contribution in [1.82, 2.24) is 4.90 Å². The standard InChI is InChI=1S/C12H19N3O3S2.ClH/c1-8(13)10-4-2-3-5-15(10)12(16)9-6-11(19-7-9)20(14,17)18;/h6-8,10H,2-5,13H2,1H3,(H2,14,17,18);1H. The molecule has 0 aliphatic carbocycles. The SMILES string of the molecule is CC(N)C1CCCCN1C(=O)c1csc(S(N)(=O)=O)c1.Cl. The average molecular weight is 354 g/mol. The summed E-state index contributed by atoms with van der Waals surface area (Å²) < 4.78 is 22.5. The van der Waals surface area contributed by atoms with E-state index in [1.165, 1.54) is 11.4 Å². The zero-order valence-corrected chi connectivity index (χ0v) is 14.1. The van der Waals surface area contributed by atoms with Gasteiger partial charge in [0.1, 0.15) is 4.21 Å². The van der Waals surface area contributed by atoms with E-state index in [0.29, 0.717) is 12.1 Å². The number of nitrogens with two attached hydrogens (primary N) is 2. The summed E-state index contributed by atoms with van der Waals surface area (Å²) in [6.45, 7) is 2.55. The largest absolute Gasteiger partial charge is 0.334 e. The van der Waals surface area contributed by atoms with E-state index < -0.39 is 10.0 Å². The van der Waals surface area contributed by atoms with Crippen LogP contribution in [0.4, 0.5) is 0 Å². The van der Waals surface area contributed by atoms with E-state index in [9.17, 15) is 13.2 Å². The fourth-order valence-corrected chi connectivity index (χ4v) is 4.08. The second kappa shape index (κ2) is 7.06. The van der Waals surface area contributed by atoms with Crippen molar-refractivity contribution in [3.8, 4) is 0 Å². The van der Waals surface area contributed by atoms with Gasteiger partial charge in [-0.2, -0.15) is 0 Å². The molecule has 4 N–H and O–H groups in total. The Balaban J connectivity index is 0.00000220. The van der Waals surface area contributed by atoms with E-state index in [4.69, 9.17) is 10.9 Å². The van der Waals surface area contributed by atoms with Crippen LogP contribution in [0.5, 0.6) is 0 Å². The van der Waals surface area contributed by atoms with Crippen LogP contribution in [0, 0.1) is 0 Å². The number of thiophene rings is 1. The maximum absolute atomic E-state index is 12.5. The Labute approximate surface area is 135 Å². The molecule has 1 aromatic rings. The highest BCUT2D eigenvalue weighted by molar-refractivity contribution is 7.91. The van der Waals surface area contributed by atoms with Crippen molar-refractivity contribution < 1.29 is 13.2 Å². The number of hydrogen-bond acceptors (Lipinski definition) is 5. The van der Waals surface area contributed by atoms with E-state index in [1.807, 2.05) is 6.92 Å². The molecule has 0 aromatic carbocycles. The molecule has 0 spiro atoms. The summed E-state index contributed by atoms with van der Waals surface area (Å²) in [4.78, 5) is 14.2. The van der Waals surface area contributed by atoms with Crippen LogP contribution in [-0.2, 0) is 10.0 Å². The maximum Gasteiger partial charge on any atom is 0.255 e. The number of hydrogen-bond donors (Lipinski definition) is 2. The molecular weight excluding hydrogens is 334 g/mol. The number of halogens is 1. The number of carbonyl (C=O) groups is 1. The fourth-order valence-electron chi connectivity index (χ4n) is 2.50. The van der Waals surface area contributed by atoms with E-state index in [2.05, 4.69) is 0 Å². The minimum Gasteiger partial charge on any atom is -0.334 e. The van der Waals surface area contributed by atoms with E-state index in [0.717, 1.165) is 30.6 Å². The summed E-state index contributed by atoms with van der Waals surface area (Å²) in [5, 5.41) is 6.60. The van der Waals surface area contributed by atoms with Gasteiger partial charge < -0.3 is 10.6 Å². The van der Waals surface area contributed by atoms with Crippen molar-refractivity contribution in [3.05, 3.63) is 17.0 Å². The van der Waals surface area contributed by atoms with Gasteiger partial charge >= 0.3 is 0 Å². The van der Waals surface area contributed by atoms with Gasteiger partial charge in [-0.3, -0.25) is 4.79 Å². The normalized spacial score (nSPS) is 20.7. The Morgan fingerprint density at radius 3 is 2.67 bits per heavy atom. The van der Waals surface area contributed by atoms with Gasteiger partial charge in [0.2, 0.25) is 10.0 Å². The minimum absolute atomic E-state index is 0. The van der Waals surface area contributed by atoms with Gasteiger partial charge in [0, 0.05) is 24.0 Å². The first-order chi connectivity index (χ1) is 9.30. The highest BCUT2D eigenvalue weighted by Crippen LogP contribution is 2.25. The number of nitrogens with zero attached hydrogens (tertiary/aromatic N) is 1. The van der Waals surface area contributed by atoms with E-state index >= 15 is 0 Å². The Kier molecular flexibility index (Phi) is 6.18. The first-order valence-corrected chi connectivity index (χ1v) is 8.91. The molecule has 2 unspecified atom stereocenters. The van der Waals surface area contributed by atoms with E-state index in [1.54, 1.807) is 4.90 Å². The van der Waals surface area contributed by atoms with Gasteiger partial charge in [-0.25, -0.2) is 13.6 Å². The smallest absolute Gasteiger partial charge is 0.255 e. The highest BCUT2D eigenvalue weighted by atomic mass is 35.5. The van der Waals surface area contributed by atoms with Crippen molar-refractivity contribution in [2.75, 3.05) is 6.54 Å². The minimum atomic E-state index is -3.75. The molecule has 2 atom stereocenters. The zero-order chi connectivity index (χ0) is 14.9. The van der Waals surface area contributed by atoms with Crippen molar-refractivity contribution in [3.63, 3.8) is 0 Å². The van der Waals surface area contributed by atoms with Crippen LogP contribution in [0.25, 0.3) is 0 Å². The third-order valence-electron chi connectivity index (χ3n) is 3.52. The topological polar surface area (TPSA) is 106 Å². The number of carbonyl (C=O) groups excluding carboxylic acids is 1. The molecule has 120 valence electrons. The lowest BCUT2D eigenvalue weighted by Crippen LogP contribution is -2.51. The summed E-state index contributed by atoms with van der Waals surface area (Å²) in [7, 11) is -3.75. The molecule has 2 heterocycles. The number of rotatable bonds is 3. The highest BCUT2D eigenvalue weighted by Gasteiger charge is 2.30. The lowest BCUT2D eigenvalue weighted by molar-refractivity contribution is 0.0584. The third kappa shape index (κ3) is 4.17. The van der Waals surface area contributed by atoms with Gasteiger partial charge in [0.15, 0.2) is 0 Å². The fraction of sp³-hybridized carbons (Fsp3) is 0.583. The molecule has 1 aliphatic heterocycles. The molecular formula is C12H20ClN3O3S2. The molecule has 2 rings (SSSR count). The molecule has 6 nitrogen and oxygen atoms in total. The van der Waals surface area contributed by atoms with Gasteiger partial charge in [-0.15, -0.1) is 23.7 Å². The van der Waals surface area contributed by atoms with Crippen molar-refractivity contribution in [2.24, 2.45) is 10.9 Å². The van der Waals surface area contributed by atoms with Crippen LogP contribution in [-0.4, -0.2) is 37.9 Å². The summed E-state index contributed by atoms with van der Waals surface area (Å²) in [5.41, 5.74) is 6.31. The van der Waals surface area contributed by atoms with Crippen molar-refractivity contribution >= 4 is 39.7 Å². The predicted octanol–water partition coefficient (Wildman–Crippen LogP) is 1.16. The summed E-state index contributed by atoms with van der Waals surface area (Å²) in [5.74, 6) is -0.168. The zero-order valence-electron chi connectivity index (χ0n) is 11.7. The van der Waals surface area contributed by atoms with Crippen molar-refractivity contribution in [1.29, 1.82) is 0 Å². The lowest BCUT2D eigenvalue weighted by atomic mass is 9.96. The van der Waals surface area contributed by atoms with Crippen LogP contribution < -0.4 is 10.9 Å². The molecule has 1 aromatic heterocycles.